The Balaban J connectivity index is 2.00. The first-order valence-corrected chi connectivity index (χ1v) is 7.00. The van der Waals surface area contributed by atoms with E-state index >= 15 is 0 Å². The summed E-state index contributed by atoms with van der Waals surface area (Å²) in [5, 5.41) is 9.87. The number of aromatic nitrogens is 3. The average Bonchev–Trinajstić information content (AvgIpc) is 3.04. The summed E-state index contributed by atoms with van der Waals surface area (Å²) in [6.07, 6.45) is 3.27. The Morgan fingerprint density at radius 1 is 1.63 bits per heavy atom. The van der Waals surface area contributed by atoms with Gasteiger partial charge in [0.2, 0.25) is 0 Å². The maximum atomic E-state index is 12.1. The third-order valence-electron chi connectivity index (χ3n) is 2.82. The topological polar surface area (TPSA) is 85.8 Å². The highest BCUT2D eigenvalue weighted by Crippen LogP contribution is 2.17. The van der Waals surface area contributed by atoms with Gasteiger partial charge in [-0.2, -0.15) is 5.10 Å². The monoisotopic (exact) mass is 279 g/mol. The van der Waals surface area contributed by atoms with Crippen molar-refractivity contribution in [2.75, 3.05) is 12.3 Å². The quantitative estimate of drug-likeness (QED) is 0.868. The van der Waals surface area contributed by atoms with Crippen LogP contribution >= 0.6 is 11.3 Å². The van der Waals surface area contributed by atoms with Crippen molar-refractivity contribution in [2.24, 2.45) is 0 Å². The number of carbonyl (C=O) groups is 1. The number of thiazole rings is 1. The zero-order valence-corrected chi connectivity index (χ0v) is 11.8. The highest BCUT2D eigenvalue weighted by Gasteiger charge is 2.17. The lowest BCUT2D eigenvalue weighted by molar-refractivity contribution is 0.0942. The smallest absolute Gasteiger partial charge is 0.271 e. The molecule has 2 aromatic rings. The van der Waals surface area contributed by atoms with Gasteiger partial charge < -0.3 is 11.1 Å². The summed E-state index contributed by atoms with van der Waals surface area (Å²) in [5.74, 6) is -0.0107. The highest BCUT2D eigenvalue weighted by molar-refractivity contribution is 7.09. The second-order valence-corrected chi connectivity index (χ2v) is 5.17. The molecule has 19 heavy (non-hydrogen) atoms. The van der Waals surface area contributed by atoms with Crippen LogP contribution in [0.4, 0.5) is 5.69 Å². The molecule has 0 saturated carbocycles. The van der Waals surface area contributed by atoms with E-state index in [0.29, 0.717) is 24.5 Å². The minimum atomic E-state index is -0.194. The Morgan fingerprint density at radius 2 is 2.42 bits per heavy atom. The molecule has 0 fully saturated rings. The number of aryl methyl sites for hydroxylation is 1. The van der Waals surface area contributed by atoms with E-state index < -0.39 is 0 Å². The van der Waals surface area contributed by atoms with Crippen molar-refractivity contribution in [1.82, 2.24) is 20.1 Å². The van der Waals surface area contributed by atoms with Crippen LogP contribution < -0.4 is 11.1 Å². The van der Waals surface area contributed by atoms with Crippen LogP contribution in [0.25, 0.3) is 0 Å². The van der Waals surface area contributed by atoms with Gasteiger partial charge in [0, 0.05) is 30.6 Å². The molecular weight excluding hydrogens is 262 g/mol. The number of hydrogen-bond acceptors (Lipinski definition) is 5. The Kier molecular flexibility index (Phi) is 4.16. The first kappa shape index (κ1) is 13.5. The van der Waals surface area contributed by atoms with E-state index in [0.717, 1.165) is 5.01 Å². The summed E-state index contributed by atoms with van der Waals surface area (Å²) in [6.45, 7) is 5.09. The summed E-state index contributed by atoms with van der Waals surface area (Å²) >= 11 is 1.59. The second-order valence-electron chi connectivity index (χ2n) is 4.25. The van der Waals surface area contributed by atoms with Crippen LogP contribution in [0.15, 0.2) is 17.8 Å². The van der Waals surface area contributed by atoms with Crippen LogP contribution in [-0.2, 0) is 6.54 Å². The fourth-order valence-electron chi connectivity index (χ4n) is 1.78. The summed E-state index contributed by atoms with van der Waals surface area (Å²) < 4.78 is 1.60. The molecule has 1 unspecified atom stereocenters. The number of nitrogens with zero attached hydrogens (tertiary/aromatic N) is 3. The second kappa shape index (κ2) is 5.83. The maximum absolute atomic E-state index is 12.1. The molecule has 0 radical (unpaired) electrons. The van der Waals surface area contributed by atoms with Gasteiger partial charge in [-0.25, -0.2) is 4.98 Å². The number of anilines is 1. The third-order valence-corrected chi connectivity index (χ3v) is 3.83. The van der Waals surface area contributed by atoms with Crippen LogP contribution in [0.3, 0.4) is 0 Å². The number of rotatable bonds is 5. The van der Waals surface area contributed by atoms with Crippen molar-refractivity contribution in [1.29, 1.82) is 0 Å². The summed E-state index contributed by atoms with van der Waals surface area (Å²) in [5.41, 5.74) is 6.59. The molecule has 0 aliphatic heterocycles. The minimum absolute atomic E-state index is 0.183. The molecular formula is C12H17N5OS. The number of nitrogens with one attached hydrogen (secondary N) is 1. The molecule has 102 valence electrons. The highest BCUT2D eigenvalue weighted by atomic mass is 32.1. The summed E-state index contributed by atoms with van der Waals surface area (Å²) in [7, 11) is 0. The van der Waals surface area contributed by atoms with Crippen molar-refractivity contribution >= 4 is 22.9 Å². The van der Waals surface area contributed by atoms with Crippen molar-refractivity contribution in [3.63, 3.8) is 0 Å². The van der Waals surface area contributed by atoms with Gasteiger partial charge in [-0.3, -0.25) is 9.48 Å². The van der Waals surface area contributed by atoms with E-state index in [4.69, 9.17) is 5.73 Å². The molecule has 1 amide bonds. The molecule has 0 aliphatic carbocycles. The number of amides is 1. The Hall–Kier alpha value is -1.89. The number of nitrogen functional groups attached to an aromatic ring is 1. The van der Waals surface area contributed by atoms with Crippen LogP contribution in [0.1, 0.15) is 35.3 Å². The van der Waals surface area contributed by atoms with Gasteiger partial charge in [0.25, 0.3) is 5.91 Å². The molecule has 0 spiro atoms. The van der Waals surface area contributed by atoms with E-state index in [1.165, 1.54) is 6.20 Å². The number of carbonyl (C=O) groups excluding carboxylic acids is 1. The SMILES string of the molecule is CCn1ncc(N)c1C(=O)NCC(C)c1nccs1. The lowest BCUT2D eigenvalue weighted by Gasteiger charge is -2.11. The van der Waals surface area contributed by atoms with Crippen LogP contribution in [0.2, 0.25) is 0 Å². The van der Waals surface area contributed by atoms with Gasteiger partial charge in [0.05, 0.1) is 16.9 Å². The van der Waals surface area contributed by atoms with Crippen LogP contribution in [0.5, 0.6) is 0 Å². The molecule has 3 N–H and O–H groups in total. The zero-order chi connectivity index (χ0) is 13.8. The van der Waals surface area contributed by atoms with Gasteiger partial charge in [-0.1, -0.05) is 6.92 Å². The predicted molar refractivity (Wildman–Crippen MR) is 75.2 cm³/mol. The lowest BCUT2D eigenvalue weighted by atomic mass is 10.2. The van der Waals surface area contributed by atoms with E-state index in [2.05, 4.69) is 15.4 Å². The Bertz CT molecular complexity index is 548. The van der Waals surface area contributed by atoms with Crippen LogP contribution in [-0.4, -0.2) is 27.2 Å². The van der Waals surface area contributed by atoms with E-state index in [-0.39, 0.29) is 11.8 Å². The molecule has 2 heterocycles. The molecule has 0 aromatic carbocycles. The zero-order valence-electron chi connectivity index (χ0n) is 11.0. The molecule has 7 heteroatoms. The minimum Gasteiger partial charge on any atom is -0.396 e. The molecule has 1 atom stereocenters. The number of nitrogens with two attached hydrogens (primary N) is 1. The Labute approximate surface area is 115 Å². The fraction of sp³-hybridized carbons (Fsp3) is 0.417. The first-order valence-electron chi connectivity index (χ1n) is 6.12. The molecule has 2 rings (SSSR count). The van der Waals surface area contributed by atoms with Gasteiger partial charge in [-0.05, 0) is 6.92 Å². The van der Waals surface area contributed by atoms with E-state index in [9.17, 15) is 4.79 Å². The predicted octanol–water partition coefficient (Wildman–Crippen LogP) is 1.48. The fourth-order valence-corrected chi connectivity index (χ4v) is 2.48. The molecule has 0 saturated heterocycles. The van der Waals surface area contributed by atoms with E-state index in [1.54, 1.807) is 22.2 Å². The summed E-state index contributed by atoms with van der Waals surface area (Å²) in [6, 6.07) is 0. The van der Waals surface area contributed by atoms with Crippen LogP contribution in [0, 0.1) is 0 Å². The van der Waals surface area contributed by atoms with Gasteiger partial charge in [0.15, 0.2) is 0 Å². The lowest BCUT2D eigenvalue weighted by Crippen LogP contribution is -2.30. The summed E-state index contributed by atoms with van der Waals surface area (Å²) in [4.78, 5) is 16.3. The largest absolute Gasteiger partial charge is 0.396 e. The van der Waals surface area contributed by atoms with Crippen molar-refractivity contribution < 1.29 is 4.79 Å². The van der Waals surface area contributed by atoms with Crippen molar-refractivity contribution in [3.8, 4) is 0 Å². The molecule has 6 nitrogen and oxygen atoms in total. The van der Waals surface area contributed by atoms with Crippen molar-refractivity contribution in [3.05, 3.63) is 28.5 Å². The maximum Gasteiger partial charge on any atom is 0.271 e. The van der Waals surface area contributed by atoms with Crippen molar-refractivity contribution in [2.45, 2.75) is 26.3 Å². The van der Waals surface area contributed by atoms with Gasteiger partial charge in [-0.15, -0.1) is 11.3 Å². The normalized spacial score (nSPS) is 12.3. The molecule has 2 aromatic heterocycles. The standard InChI is InChI=1S/C12H17N5OS/c1-3-17-10(9(13)7-16-17)11(18)15-6-8(2)12-14-4-5-19-12/h4-5,7-8H,3,6,13H2,1-2H3,(H,15,18). The molecule has 0 aliphatic rings. The van der Waals surface area contributed by atoms with Gasteiger partial charge >= 0.3 is 0 Å². The molecule has 0 bridgehead atoms. The number of hydrogen-bond donors (Lipinski definition) is 2. The van der Waals surface area contributed by atoms with E-state index in [1.807, 2.05) is 19.2 Å². The third kappa shape index (κ3) is 2.93. The van der Waals surface area contributed by atoms with Gasteiger partial charge in [0.1, 0.15) is 5.69 Å². The Morgan fingerprint density at radius 3 is 3.05 bits per heavy atom. The first-order chi connectivity index (χ1) is 9.13. The average molecular weight is 279 g/mol.